The Kier molecular flexibility index (Phi) is 6.16. The molecule has 1 aliphatic rings. The first-order valence-electron chi connectivity index (χ1n) is 9.49. The highest BCUT2D eigenvalue weighted by molar-refractivity contribution is 5.80. The van der Waals surface area contributed by atoms with Gasteiger partial charge in [-0.15, -0.1) is 0 Å². The van der Waals surface area contributed by atoms with Gasteiger partial charge in [-0.2, -0.15) is 0 Å². The fourth-order valence-corrected chi connectivity index (χ4v) is 3.22. The fraction of sp³-hybridized carbons (Fsp3) is 0.526. The Morgan fingerprint density at radius 1 is 1.19 bits per heavy atom. The van der Waals surface area contributed by atoms with Gasteiger partial charge < -0.3 is 24.4 Å². The zero-order valence-corrected chi connectivity index (χ0v) is 16.3. The van der Waals surface area contributed by atoms with Crippen LogP contribution < -0.4 is 5.32 Å². The van der Waals surface area contributed by atoms with Crippen LogP contribution in [0.25, 0.3) is 11.0 Å². The molecule has 0 unspecified atom stereocenters. The number of imidazole rings is 1. The molecule has 8 nitrogen and oxygen atoms in total. The van der Waals surface area contributed by atoms with E-state index in [-0.39, 0.29) is 6.09 Å². The summed E-state index contributed by atoms with van der Waals surface area (Å²) in [6.07, 6.45) is -0.237. The molecule has 146 valence electrons. The lowest BCUT2D eigenvalue weighted by Gasteiger charge is -2.35. The molecule has 0 atom stereocenters. The van der Waals surface area contributed by atoms with Gasteiger partial charge in [0.15, 0.2) is 5.96 Å². The first kappa shape index (κ1) is 19.0. The number of amides is 1. The molecule has 0 bridgehead atoms. The van der Waals surface area contributed by atoms with E-state index in [0.29, 0.717) is 26.2 Å². The van der Waals surface area contributed by atoms with Crippen LogP contribution >= 0.6 is 0 Å². The lowest BCUT2D eigenvalue weighted by atomic mass is 10.3. The number of benzene rings is 1. The predicted molar refractivity (Wildman–Crippen MR) is 106 cm³/mol. The zero-order chi connectivity index (χ0) is 19.2. The maximum Gasteiger partial charge on any atom is 0.409 e. The minimum absolute atomic E-state index is 0.237. The predicted octanol–water partition coefficient (Wildman–Crippen LogP) is 1.81. The number of para-hydroxylation sites is 2. The summed E-state index contributed by atoms with van der Waals surface area (Å²) >= 11 is 0. The zero-order valence-electron chi connectivity index (χ0n) is 16.3. The van der Waals surface area contributed by atoms with Gasteiger partial charge in [0.25, 0.3) is 0 Å². The van der Waals surface area contributed by atoms with Gasteiger partial charge in [0.2, 0.25) is 0 Å². The van der Waals surface area contributed by atoms with Gasteiger partial charge in [0.05, 0.1) is 17.6 Å². The van der Waals surface area contributed by atoms with Crippen molar-refractivity contribution in [2.75, 3.05) is 39.3 Å². The van der Waals surface area contributed by atoms with E-state index in [0.717, 1.165) is 42.5 Å². The van der Waals surface area contributed by atoms with E-state index in [1.807, 2.05) is 32.2 Å². The van der Waals surface area contributed by atoms with Gasteiger partial charge in [-0.05, 0) is 26.0 Å². The molecule has 0 saturated carbocycles. The molecule has 1 N–H and O–H groups in total. The van der Waals surface area contributed by atoms with Crippen LogP contribution in [0.2, 0.25) is 0 Å². The van der Waals surface area contributed by atoms with E-state index < -0.39 is 0 Å². The molecule has 2 heterocycles. The molecule has 1 fully saturated rings. The number of fused-ring (bicyclic) bond motifs is 1. The Balaban J connectivity index is 1.68. The standard InChI is InChI=1S/C19H28N6O2/c1-4-20-18(24-10-12-25(13-11-24)19(26)27-5-2)21-14-17-22-15-8-6-7-9-16(15)23(17)3/h6-9H,4-5,10-14H2,1-3H3,(H,20,21). The first-order chi connectivity index (χ1) is 13.1. The number of ether oxygens (including phenoxy) is 1. The van der Waals surface area contributed by atoms with Crippen LogP contribution in [0, 0.1) is 0 Å². The summed E-state index contributed by atoms with van der Waals surface area (Å²) in [5.41, 5.74) is 2.09. The van der Waals surface area contributed by atoms with Crippen molar-refractivity contribution in [3.8, 4) is 0 Å². The molecular formula is C19H28N6O2. The third kappa shape index (κ3) is 4.32. The van der Waals surface area contributed by atoms with Crippen LogP contribution in [0.5, 0.6) is 0 Å². The average Bonchev–Trinajstić information content (AvgIpc) is 3.01. The summed E-state index contributed by atoms with van der Waals surface area (Å²) in [5.74, 6) is 1.78. The van der Waals surface area contributed by atoms with E-state index >= 15 is 0 Å². The van der Waals surface area contributed by atoms with Crippen molar-refractivity contribution >= 4 is 23.1 Å². The minimum atomic E-state index is -0.237. The number of rotatable bonds is 4. The van der Waals surface area contributed by atoms with Gasteiger partial charge in [-0.25, -0.2) is 14.8 Å². The number of nitrogens with zero attached hydrogens (tertiary/aromatic N) is 5. The molecule has 1 saturated heterocycles. The lowest BCUT2D eigenvalue weighted by molar-refractivity contribution is 0.0914. The summed E-state index contributed by atoms with van der Waals surface area (Å²) < 4.78 is 7.17. The number of carbonyl (C=O) groups is 1. The number of hydrogen-bond acceptors (Lipinski definition) is 4. The monoisotopic (exact) mass is 372 g/mol. The highest BCUT2D eigenvalue weighted by Crippen LogP contribution is 2.15. The van der Waals surface area contributed by atoms with Crippen molar-refractivity contribution in [2.24, 2.45) is 12.0 Å². The third-order valence-corrected chi connectivity index (χ3v) is 4.69. The van der Waals surface area contributed by atoms with Crippen molar-refractivity contribution in [1.82, 2.24) is 24.7 Å². The normalized spacial score (nSPS) is 15.3. The second-order valence-electron chi connectivity index (χ2n) is 6.42. The average molecular weight is 372 g/mol. The second kappa shape index (κ2) is 8.75. The van der Waals surface area contributed by atoms with Crippen molar-refractivity contribution in [3.63, 3.8) is 0 Å². The van der Waals surface area contributed by atoms with Crippen molar-refractivity contribution in [2.45, 2.75) is 20.4 Å². The van der Waals surface area contributed by atoms with E-state index in [4.69, 9.17) is 9.73 Å². The number of aromatic nitrogens is 2. The Labute approximate surface area is 159 Å². The van der Waals surface area contributed by atoms with E-state index in [9.17, 15) is 4.79 Å². The third-order valence-electron chi connectivity index (χ3n) is 4.69. The number of hydrogen-bond donors (Lipinski definition) is 1. The maximum absolute atomic E-state index is 11.9. The van der Waals surface area contributed by atoms with Crippen LogP contribution in [0.3, 0.4) is 0 Å². The minimum Gasteiger partial charge on any atom is -0.450 e. The summed E-state index contributed by atoms with van der Waals surface area (Å²) in [6, 6.07) is 8.09. The highest BCUT2D eigenvalue weighted by Gasteiger charge is 2.23. The quantitative estimate of drug-likeness (QED) is 0.654. The Bertz CT molecular complexity index is 808. The van der Waals surface area contributed by atoms with Crippen LogP contribution in [-0.2, 0) is 18.3 Å². The molecule has 1 aliphatic heterocycles. The Hall–Kier alpha value is -2.77. The van der Waals surface area contributed by atoms with Crippen molar-refractivity contribution < 1.29 is 9.53 Å². The van der Waals surface area contributed by atoms with E-state index in [1.54, 1.807) is 4.90 Å². The summed E-state index contributed by atoms with van der Waals surface area (Å²) in [5, 5.41) is 3.35. The van der Waals surface area contributed by atoms with Gasteiger partial charge in [0.1, 0.15) is 12.4 Å². The van der Waals surface area contributed by atoms with Gasteiger partial charge in [0, 0.05) is 39.8 Å². The summed E-state index contributed by atoms with van der Waals surface area (Å²) in [7, 11) is 2.02. The van der Waals surface area contributed by atoms with Crippen molar-refractivity contribution in [3.05, 3.63) is 30.1 Å². The van der Waals surface area contributed by atoms with Crippen LogP contribution in [-0.4, -0.2) is 70.7 Å². The molecule has 0 radical (unpaired) electrons. The van der Waals surface area contributed by atoms with E-state index in [2.05, 4.69) is 32.8 Å². The summed E-state index contributed by atoms with van der Waals surface area (Å²) in [4.78, 5) is 25.3. The maximum atomic E-state index is 11.9. The summed E-state index contributed by atoms with van der Waals surface area (Å²) in [6.45, 7) is 8.31. The largest absolute Gasteiger partial charge is 0.450 e. The number of aryl methyl sites for hydroxylation is 1. The molecule has 1 amide bonds. The fourth-order valence-electron chi connectivity index (χ4n) is 3.22. The molecule has 0 spiro atoms. The molecule has 8 heteroatoms. The molecular weight excluding hydrogens is 344 g/mol. The molecule has 1 aromatic heterocycles. The Morgan fingerprint density at radius 2 is 1.89 bits per heavy atom. The number of guanidine groups is 1. The topological polar surface area (TPSA) is 75.0 Å². The second-order valence-corrected chi connectivity index (χ2v) is 6.42. The highest BCUT2D eigenvalue weighted by atomic mass is 16.6. The molecule has 1 aromatic carbocycles. The first-order valence-corrected chi connectivity index (χ1v) is 9.49. The van der Waals surface area contributed by atoms with Gasteiger partial charge in [-0.3, -0.25) is 0 Å². The lowest BCUT2D eigenvalue weighted by Crippen LogP contribution is -2.53. The Morgan fingerprint density at radius 3 is 2.56 bits per heavy atom. The SMILES string of the molecule is CCNC(=NCc1nc2ccccc2n1C)N1CCN(C(=O)OCC)CC1. The van der Waals surface area contributed by atoms with Crippen LogP contribution in [0.4, 0.5) is 4.79 Å². The molecule has 2 aromatic rings. The van der Waals surface area contributed by atoms with Gasteiger partial charge in [-0.1, -0.05) is 12.1 Å². The molecule has 27 heavy (non-hydrogen) atoms. The molecule has 0 aliphatic carbocycles. The van der Waals surface area contributed by atoms with Crippen LogP contribution in [0.1, 0.15) is 19.7 Å². The molecule has 3 rings (SSSR count). The van der Waals surface area contributed by atoms with E-state index in [1.165, 1.54) is 0 Å². The number of aliphatic imine (C=N–C) groups is 1. The smallest absolute Gasteiger partial charge is 0.409 e. The van der Waals surface area contributed by atoms with Crippen LogP contribution in [0.15, 0.2) is 29.3 Å². The number of piperazine rings is 1. The number of nitrogens with one attached hydrogen (secondary N) is 1. The van der Waals surface area contributed by atoms with Gasteiger partial charge >= 0.3 is 6.09 Å². The van der Waals surface area contributed by atoms with Crippen molar-refractivity contribution in [1.29, 1.82) is 0 Å². The number of carbonyl (C=O) groups excluding carboxylic acids is 1.